The average Bonchev–Trinajstić information content (AvgIpc) is 2.06. The van der Waals surface area contributed by atoms with Crippen LogP contribution in [-0.4, -0.2) is 10.9 Å². The first-order chi connectivity index (χ1) is 6.73. The standard InChI is InChI=1S/C10H9F3O2/c1-5-3-7(10(11,12)13)4-8(6(2)14)9(5)15/h3-4,15H,1-2H3. The van der Waals surface area contributed by atoms with E-state index in [1.54, 1.807) is 0 Å². The van der Waals surface area contributed by atoms with Crippen molar-refractivity contribution in [2.45, 2.75) is 20.0 Å². The number of rotatable bonds is 1. The van der Waals surface area contributed by atoms with Crippen LogP contribution in [0.25, 0.3) is 0 Å². The second-order valence-corrected chi connectivity index (χ2v) is 3.24. The fourth-order valence-electron chi connectivity index (χ4n) is 1.21. The van der Waals surface area contributed by atoms with Gasteiger partial charge in [0.05, 0.1) is 11.1 Å². The Bertz CT molecular complexity index is 408. The predicted octanol–water partition coefficient (Wildman–Crippen LogP) is 2.92. The van der Waals surface area contributed by atoms with Crippen LogP contribution in [0.2, 0.25) is 0 Å². The van der Waals surface area contributed by atoms with Crippen molar-refractivity contribution >= 4 is 5.78 Å². The summed E-state index contributed by atoms with van der Waals surface area (Å²) in [6.45, 7) is 2.42. The Hall–Kier alpha value is -1.52. The molecule has 0 radical (unpaired) electrons. The first-order valence-corrected chi connectivity index (χ1v) is 4.15. The highest BCUT2D eigenvalue weighted by atomic mass is 19.4. The van der Waals surface area contributed by atoms with Gasteiger partial charge in [-0.2, -0.15) is 13.2 Å². The maximum atomic E-state index is 12.4. The lowest BCUT2D eigenvalue weighted by Gasteiger charge is -2.11. The minimum atomic E-state index is -4.51. The number of carbonyl (C=O) groups is 1. The van der Waals surface area contributed by atoms with Crippen LogP contribution in [0.4, 0.5) is 13.2 Å². The van der Waals surface area contributed by atoms with Gasteiger partial charge in [0.25, 0.3) is 0 Å². The summed E-state index contributed by atoms with van der Waals surface area (Å²) in [5, 5.41) is 9.37. The number of aromatic hydroxyl groups is 1. The van der Waals surface area contributed by atoms with E-state index in [1.165, 1.54) is 6.92 Å². The van der Waals surface area contributed by atoms with Crippen LogP contribution in [0.3, 0.4) is 0 Å². The van der Waals surface area contributed by atoms with Gasteiger partial charge in [0, 0.05) is 0 Å². The van der Waals surface area contributed by atoms with Gasteiger partial charge >= 0.3 is 6.18 Å². The molecule has 0 fully saturated rings. The van der Waals surface area contributed by atoms with Crippen molar-refractivity contribution in [3.63, 3.8) is 0 Å². The molecule has 0 aliphatic rings. The van der Waals surface area contributed by atoms with E-state index in [-0.39, 0.29) is 11.1 Å². The number of benzene rings is 1. The van der Waals surface area contributed by atoms with Crippen molar-refractivity contribution in [2.24, 2.45) is 0 Å². The summed E-state index contributed by atoms with van der Waals surface area (Å²) in [5.74, 6) is -0.989. The summed E-state index contributed by atoms with van der Waals surface area (Å²) in [5.41, 5.74) is -1.19. The van der Waals surface area contributed by atoms with Gasteiger partial charge in [0.1, 0.15) is 5.75 Å². The molecular formula is C10H9F3O2. The molecule has 5 heteroatoms. The number of hydrogen-bond acceptors (Lipinski definition) is 2. The summed E-state index contributed by atoms with van der Waals surface area (Å²) < 4.78 is 37.1. The molecule has 1 aromatic carbocycles. The molecule has 0 bridgehead atoms. The summed E-state index contributed by atoms with van der Waals surface area (Å²) in [4.78, 5) is 11.0. The van der Waals surface area contributed by atoms with E-state index in [4.69, 9.17) is 0 Å². The molecular weight excluding hydrogens is 209 g/mol. The second kappa shape index (κ2) is 3.56. The van der Waals surface area contributed by atoms with Crippen LogP contribution in [0.5, 0.6) is 5.75 Å². The molecule has 0 aliphatic heterocycles. The van der Waals surface area contributed by atoms with E-state index in [2.05, 4.69) is 0 Å². The van der Waals surface area contributed by atoms with E-state index < -0.39 is 23.3 Å². The number of ketones is 1. The second-order valence-electron chi connectivity index (χ2n) is 3.24. The van der Waals surface area contributed by atoms with Crippen LogP contribution in [0.15, 0.2) is 12.1 Å². The number of halogens is 3. The molecule has 0 heterocycles. The minimum absolute atomic E-state index is 0.0371. The number of phenolic OH excluding ortho intramolecular Hbond substituents is 1. The third-order valence-electron chi connectivity index (χ3n) is 2.01. The molecule has 0 aliphatic carbocycles. The highest BCUT2D eigenvalue weighted by molar-refractivity contribution is 5.97. The predicted molar refractivity (Wildman–Crippen MR) is 47.9 cm³/mol. The Balaban J connectivity index is 3.43. The van der Waals surface area contributed by atoms with E-state index in [1.807, 2.05) is 0 Å². The zero-order valence-electron chi connectivity index (χ0n) is 8.14. The molecule has 0 amide bonds. The molecule has 2 nitrogen and oxygen atoms in total. The van der Waals surface area contributed by atoms with Gasteiger partial charge in [-0.05, 0) is 31.5 Å². The third-order valence-corrected chi connectivity index (χ3v) is 2.01. The first-order valence-electron chi connectivity index (χ1n) is 4.15. The van der Waals surface area contributed by atoms with Crippen molar-refractivity contribution in [1.29, 1.82) is 0 Å². The van der Waals surface area contributed by atoms with Gasteiger partial charge in [-0.25, -0.2) is 0 Å². The Labute approximate surface area is 84.3 Å². The molecule has 0 spiro atoms. The molecule has 1 N–H and O–H groups in total. The van der Waals surface area contributed by atoms with E-state index in [9.17, 15) is 23.1 Å². The molecule has 15 heavy (non-hydrogen) atoms. The van der Waals surface area contributed by atoms with Crippen molar-refractivity contribution in [1.82, 2.24) is 0 Å². The van der Waals surface area contributed by atoms with Crippen LogP contribution in [0, 0.1) is 6.92 Å². The fourth-order valence-corrected chi connectivity index (χ4v) is 1.21. The normalized spacial score (nSPS) is 11.5. The third kappa shape index (κ3) is 2.29. The molecule has 0 atom stereocenters. The summed E-state index contributed by atoms with van der Waals surface area (Å²) in [7, 11) is 0. The number of carbonyl (C=O) groups excluding carboxylic acids is 1. The Morgan fingerprint density at radius 3 is 2.27 bits per heavy atom. The Morgan fingerprint density at radius 2 is 1.87 bits per heavy atom. The number of aryl methyl sites for hydroxylation is 1. The van der Waals surface area contributed by atoms with E-state index in [0.29, 0.717) is 6.07 Å². The molecule has 1 aromatic rings. The quantitative estimate of drug-likeness (QED) is 0.736. The zero-order valence-corrected chi connectivity index (χ0v) is 8.14. The lowest BCUT2D eigenvalue weighted by molar-refractivity contribution is -0.137. The van der Waals surface area contributed by atoms with Crippen molar-refractivity contribution < 1.29 is 23.1 Å². The molecule has 0 saturated heterocycles. The van der Waals surface area contributed by atoms with Crippen LogP contribution in [-0.2, 0) is 6.18 Å². The molecule has 0 saturated carbocycles. The Morgan fingerprint density at radius 1 is 1.33 bits per heavy atom. The molecule has 1 rings (SSSR count). The first kappa shape index (κ1) is 11.6. The smallest absolute Gasteiger partial charge is 0.416 e. The maximum Gasteiger partial charge on any atom is 0.416 e. The van der Waals surface area contributed by atoms with Crippen molar-refractivity contribution in [3.8, 4) is 5.75 Å². The topological polar surface area (TPSA) is 37.3 Å². The minimum Gasteiger partial charge on any atom is -0.507 e. The van der Waals surface area contributed by atoms with Crippen molar-refractivity contribution in [2.75, 3.05) is 0 Å². The van der Waals surface area contributed by atoms with Gasteiger partial charge in [0.2, 0.25) is 0 Å². The van der Waals surface area contributed by atoms with Gasteiger partial charge in [-0.3, -0.25) is 4.79 Å². The Kier molecular flexibility index (Phi) is 2.75. The summed E-state index contributed by atoms with van der Waals surface area (Å²) >= 11 is 0. The lowest BCUT2D eigenvalue weighted by Crippen LogP contribution is -2.07. The molecule has 82 valence electrons. The van der Waals surface area contributed by atoms with E-state index >= 15 is 0 Å². The highest BCUT2D eigenvalue weighted by Gasteiger charge is 2.32. The summed E-state index contributed by atoms with van der Waals surface area (Å²) in [6.07, 6.45) is -4.51. The van der Waals surface area contributed by atoms with E-state index in [0.717, 1.165) is 13.0 Å². The van der Waals surface area contributed by atoms with Gasteiger partial charge in [-0.15, -0.1) is 0 Å². The van der Waals surface area contributed by atoms with Crippen LogP contribution in [0.1, 0.15) is 28.4 Å². The van der Waals surface area contributed by atoms with Crippen molar-refractivity contribution in [3.05, 3.63) is 28.8 Å². The zero-order chi connectivity index (χ0) is 11.8. The van der Waals surface area contributed by atoms with Gasteiger partial charge < -0.3 is 5.11 Å². The SMILES string of the molecule is CC(=O)c1cc(C(F)(F)F)cc(C)c1O. The molecule has 0 aromatic heterocycles. The fraction of sp³-hybridized carbons (Fsp3) is 0.300. The monoisotopic (exact) mass is 218 g/mol. The highest BCUT2D eigenvalue weighted by Crippen LogP contribution is 2.34. The number of phenols is 1. The number of alkyl halides is 3. The number of Topliss-reactive ketones (excluding diaryl/α,β-unsaturated/α-hetero) is 1. The number of hydrogen-bond donors (Lipinski definition) is 1. The van der Waals surface area contributed by atoms with Gasteiger partial charge in [0.15, 0.2) is 5.78 Å². The lowest BCUT2D eigenvalue weighted by atomic mass is 10.0. The average molecular weight is 218 g/mol. The van der Waals surface area contributed by atoms with Crippen LogP contribution >= 0.6 is 0 Å². The van der Waals surface area contributed by atoms with Crippen LogP contribution < -0.4 is 0 Å². The summed E-state index contributed by atoms with van der Waals surface area (Å²) in [6, 6.07) is 1.46. The maximum absolute atomic E-state index is 12.4. The molecule has 0 unspecified atom stereocenters. The largest absolute Gasteiger partial charge is 0.507 e. The van der Waals surface area contributed by atoms with Gasteiger partial charge in [-0.1, -0.05) is 0 Å².